The van der Waals surface area contributed by atoms with E-state index in [1.807, 2.05) is 9.24 Å². The van der Waals surface area contributed by atoms with Crippen LogP contribution in [0.3, 0.4) is 0 Å². The van der Waals surface area contributed by atoms with E-state index in [0.717, 1.165) is 5.33 Å². The lowest BCUT2D eigenvalue weighted by atomic mass is 10.2. The van der Waals surface area contributed by atoms with Gasteiger partial charge < -0.3 is 0 Å². The summed E-state index contributed by atoms with van der Waals surface area (Å²) in [5, 5.41) is 0.952. The maximum atomic E-state index is 8.77. The van der Waals surface area contributed by atoms with Crippen molar-refractivity contribution >= 4 is 31.2 Å². The Bertz CT molecular complexity index is 220. The maximum Gasteiger partial charge on any atom is 0.135 e. The number of aryl methyl sites for hydroxylation is 1. The van der Waals surface area contributed by atoms with E-state index in [2.05, 4.69) is 47.1 Å². The first kappa shape index (κ1) is 11.8. The van der Waals surface area contributed by atoms with Crippen molar-refractivity contribution in [2.24, 2.45) is 0 Å². The van der Waals surface area contributed by atoms with Crippen LogP contribution in [0.5, 0.6) is 0 Å². The van der Waals surface area contributed by atoms with Crippen LogP contribution in [-0.4, -0.2) is 6.03 Å². The Balaban J connectivity index is 0.000000354. The van der Waals surface area contributed by atoms with Crippen molar-refractivity contribution < 1.29 is 4.79 Å². The smallest absolute Gasteiger partial charge is 0.135 e. The number of carbonyl (C=O) groups excluding carboxylic acids is 1. The number of rotatable bonds is 1. The van der Waals surface area contributed by atoms with Crippen LogP contribution in [0.4, 0.5) is 0 Å². The molecular weight excluding hydrogens is 235 g/mol. The molecule has 1 aromatic rings. The Morgan fingerprint density at radius 3 is 2.17 bits per heavy atom. The lowest BCUT2D eigenvalue weighted by Gasteiger charge is -1.93. The second-order valence-electron chi connectivity index (χ2n) is 2.26. The lowest BCUT2D eigenvalue weighted by Crippen LogP contribution is -1.75. The van der Waals surface area contributed by atoms with Gasteiger partial charge in [-0.15, -0.1) is 0 Å². The van der Waals surface area contributed by atoms with E-state index in [1.54, 1.807) is 0 Å². The molecule has 3 heteroatoms. The summed E-state index contributed by atoms with van der Waals surface area (Å²) in [6.45, 7) is 2.10. The summed E-state index contributed by atoms with van der Waals surface area (Å²) in [7, 11) is 1.90. The molecule has 1 atom stereocenters. The van der Waals surface area contributed by atoms with Gasteiger partial charge in [-0.25, -0.2) is 0 Å². The zero-order valence-corrected chi connectivity index (χ0v) is 9.70. The molecular formula is C9H12BrOP. The molecule has 0 N–H and O–H groups in total. The van der Waals surface area contributed by atoms with Crippen LogP contribution in [0.2, 0.25) is 0 Å². The zero-order chi connectivity index (χ0) is 9.40. The highest BCUT2D eigenvalue weighted by Gasteiger charge is 1.85. The Labute approximate surface area is 83.9 Å². The number of hydrogen-bond donors (Lipinski definition) is 0. The molecule has 0 amide bonds. The Morgan fingerprint density at radius 2 is 1.83 bits per heavy atom. The predicted octanol–water partition coefficient (Wildman–Crippen LogP) is 2.94. The summed E-state index contributed by atoms with van der Waals surface area (Å²) in [6.07, 6.45) is 0. The average Bonchev–Trinajstić information content (AvgIpc) is 2.07. The molecule has 66 valence electrons. The Kier molecular flexibility index (Phi) is 7.33. The van der Waals surface area contributed by atoms with Gasteiger partial charge in [0.2, 0.25) is 0 Å². The summed E-state index contributed by atoms with van der Waals surface area (Å²) in [5.74, 6) is 0. The highest BCUT2D eigenvalue weighted by Crippen LogP contribution is 2.05. The highest BCUT2D eigenvalue weighted by atomic mass is 79.9. The minimum absolute atomic E-state index is 0.667. The third-order valence-corrected chi connectivity index (χ3v) is 1.92. The van der Waals surface area contributed by atoms with Gasteiger partial charge in [0.25, 0.3) is 0 Å². The van der Waals surface area contributed by atoms with E-state index < -0.39 is 0 Å². The van der Waals surface area contributed by atoms with Crippen LogP contribution in [0.25, 0.3) is 0 Å². The molecule has 12 heavy (non-hydrogen) atoms. The van der Waals surface area contributed by atoms with Gasteiger partial charge in [0.1, 0.15) is 6.03 Å². The van der Waals surface area contributed by atoms with Crippen LogP contribution in [-0.2, 0) is 10.1 Å². The first-order valence-electron chi connectivity index (χ1n) is 3.51. The second kappa shape index (κ2) is 7.45. The summed E-state index contributed by atoms with van der Waals surface area (Å²) in [5.41, 5.74) is 2.65. The van der Waals surface area contributed by atoms with Gasteiger partial charge in [-0.1, -0.05) is 55.0 Å². The fraction of sp³-hybridized carbons (Fsp3) is 0.222. The molecule has 0 spiro atoms. The molecule has 1 nitrogen and oxygen atoms in total. The van der Waals surface area contributed by atoms with Crippen LogP contribution in [0, 0.1) is 6.92 Å². The summed E-state index contributed by atoms with van der Waals surface area (Å²) in [4.78, 5) is 8.77. The molecule has 1 unspecified atom stereocenters. The number of hydrogen-bond acceptors (Lipinski definition) is 1. The Morgan fingerprint density at radius 1 is 1.42 bits per heavy atom. The number of carbonyl (C=O) groups is 1. The van der Waals surface area contributed by atoms with Gasteiger partial charge in [-0.3, -0.25) is 4.79 Å². The van der Waals surface area contributed by atoms with Gasteiger partial charge in [0, 0.05) is 5.33 Å². The van der Waals surface area contributed by atoms with Gasteiger partial charge in [0.15, 0.2) is 0 Å². The fourth-order valence-electron chi connectivity index (χ4n) is 0.677. The van der Waals surface area contributed by atoms with Gasteiger partial charge in [0.05, 0.1) is 0 Å². The largest absolute Gasteiger partial charge is 0.299 e. The normalized spacial score (nSPS) is 8.25. The Hall–Kier alpha value is -0.200. The van der Waals surface area contributed by atoms with Gasteiger partial charge in [-0.05, 0) is 12.5 Å². The number of halogens is 1. The first-order valence-corrected chi connectivity index (χ1v) is 5.30. The van der Waals surface area contributed by atoms with Crippen LogP contribution >= 0.6 is 25.2 Å². The van der Waals surface area contributed by atoms with Crippen molar-refractivity contribution in [1.29, 1.82) is 0 Å². The van der Waals surface area contributed by atoms with Crippen molar-refractivity contribution in [3.63, 3.8) is 0 Å². The molecule has 0 fully saturated rings. The van der Waals surface area contributed by atoms with E-state index in [-0.39, 0.29) is 0 Å². The minimum Gasteiger partial charge on any atom is -0.299 e. The predicted molar refractivity (Wildman–Crippen MR) is 60.3 cm³/mol. The molecule has 0 heterocycles. The van der Waals surface area contributed by atoms with E-state index in [0.29, 0.717) is 6.03 Å². The van der Waals surface area contributed by atoms with Crippen molar-refractivity contribution in [1.82, 2.24) is 0 Å². The molecule has 0 radical (unpaired) electrons. The molecule has 0 aliphatic heterocycles. The SMILES string of the molecule is Cc1ccc(CBr)cc1.O=CP. The first-order chi connectivity index (χ1) is 5.74. The van der Waals surface area contributed by atoms with Crippen molar-refractivity contribution in [3.8, 4) is 0 Å². The van der Waals surface area contributed by atoms with Gasteiger partial charge >= 0.3 is 0 Å². The summed E-state index contributed by atoms with van der Waals surface area (Å²) >= 11 is 3.38. The van der Waals surface area contributed by atoms with Crippen molar-refractivity contribution in [2.45, 2.75) is 12.3 Å². The summed E-state index contributed by atoms with van der Waals surface area (Å²) < 4.78 is 0. The molecule has 1 aromatic carbocycles. The standard InChI is InChI=1S/C8H9Br.CH3OP/c1-7-2-4-8(6-9)5-3-7;2-1-3/h2-5H,6H2,1H3;1H,3H2. The molecule has 0 aliphatic rings. The van der Waals surface area contributed by atoms with E-state index in [4.69, 9.17) is 4.79 Å². The average molecular weight is 247 g/mol. The van der Waals surface area contributed by atoms with Crippen molar-refractivity contribution in [3.05, 3.63) is 35.4 Å². The third kappa shape index (κ3) is 5.45. The third-order valence-electron chi connectivity index (χ3n) is 1.27. The molecule has 0 aliphatic carbocycles. The van der Waals surface area contributed by atoms with E-state index in [1.165, 1.54) is 11.1 Å². The molecule has 0 aromatic heterocycles. The number of benzene rings is 1. The lowest BCUT2D eigenvalue weighted by molar-refractivity contribution is 0.570. The van der Waals surface area contributed by atoms with Crippen LogP contribution in [0.1, 0.15) is 11.1 Å². The molecule has 0 saturated carbocycles. The monoisotopic (exact) mass is 246 g/mol. The quantitative estimate of drug-likeness (QED) is 0.423. The van der Waals surface area contributed by atoms with Crippen LogP contribution in [0.15, 0.2) is 24.3 Å². The molecule has 0 bridgehead atoms. The minimum atomic E-state index is 0.667. The van der Waals surface area contributed by atoms with E-state index >= 15 is 0 Å². The van der Waals surface area contributed by atoms with E-state index in [9.17, 15) is 0 Å². The maximum absolute atomic E-state index is 8.77. The molecule has 1 rings (SSSR count). The van der Waals surface area contributed by atoms with Crippen molar-refractivity contribution in [2.75, 3.05) is 0 Å². The zero-order valence-electron chi connectivity index (χ0n) is 6.96. The number of alkyl halides is 1. The summed E-state index contributed by atoms with van der Waals surface area (Å²) in [6, 6.07) is 9.17. The van der Waals surface area contributed by atoms with Crippen LogP contribution < -0.4 is 0 Å². The molecule has 0 saturated heterocycles. The fourth-order valence-corrected chi connectivity index (χ4v) is 1.05. The topological polar surface area (TPSA) is 17.1 Å². The highest BCUT2D eigenvalue weighted by molar-refractivity contribution is 9.08. The second-order valence-corrected chi connectivity index (χ2v) is 3.09. The van der Waals surface area contributed by atoms with Gasteiger partial charge in [-0.2, -0.15) is 0 Å².